The van der Waals surface area contributed by atoms with Gasteiger partial charge in [-0.25, -0.2) is 0 Å². The van der Waals surface area contributed by atoms with Crippen LogP contribution in [-0.4, -0.2) is 41.2 Å². The van der Waals surface area contributed by atoms with Crippen molar-refractivity contribution in [3.05, 3.63) is 0 Å². The molecule has 1 N–H and O–H groups in total. The Balaban J connectivity index is -0.00000450. The number of hydrogen-bond acceptors (Lipinski definition) is 8. The molecule has 0 aliphatic heterocycles. The van der Waals surface area contributed by atoms with Gasteiger partial charge in [-0.3, -0.25) is 19.2 Å². The van der Waals surface area contributed by atoms with E-state index in [9.17, 15) is 39.0 Å². The molecule has 0 aliphatic rings. The number of amides is 1. The zero-order chi connectivity index (χ0) is 24.1. The number of ketones is 3. The Bertz CT molecular complexity index is 681. The summed E-state index contributed by atoms with van der Waals surface area (Å²) in [6.45, 7) is 6.41. The summed E-state index contributed by atoms with van der Waals surface area (Å²) < 4.78 is 0. The van der Waals surface area contributed by atoms with Crippen molar-refractivity contribution < 1.29 is 98.1 Å². The van der Waals surface area contributed by atoms with Gasteiger partial charge in [0.05, 0.1) is 6.04 Å². The van der Waals surface area contributed by atoms with E-state index < -0.39 is 41.5 Å². The van der Waals surface area contributed by atoms with Crippen LogP contribution in [0.25, 0.3) is 0 Å². The molecule has 0 bridgehead atoms. The third-order valence-corrected chi connectivity index (χ3v) is 5.31. The summed E-state index contributed by atoms with van der Waals surface area (Å²) in [5.41, 5.74) is 0. The minimum Gasteiger partial charge on any atom is -0.550 e. The monoisotopic (exact) mass is 485 g/mol. The van der Waals surface area contributed by atoms with Crippen molar-refractivity contribution in [2.45, 2.75) is 85.1 Å². The molecule has 0 heterocycles. The van der Waals surface area contributed by atoms with Crippen molar-refractivity contribution in [3.63, 3.8) is 0 Å². The van der Waals surface area contributed by atoms with Gasteiger partial charge in [0, 0.05) is 42.5 Å². The normalized spacial score (nSPS) is 13.0. The average molecular weight is 485 g/mol. The third kappa shape index (κ3) is 16.6. The summed E-state index contributed by atoms with van der Waals surface area (Å²) in [6, 6.07) is -1.03. The van der Waals surface area contributed by atoms with E-state index in [-0.39, 0.29) is 122 Å². The molecular weight excluding hydrogens is 452 g/mol. The van der Waals surface area contributed by atoms with Crippen molar-refractivity contribution in [1.82, 2.24) is 5.32 Å². The summed E-state index contributed by atoms with van der Waals surface area (Å²) in [6.07, 6.45) is -0.493. The van der Waals surface area contributed by atoms with Crippen LogP contribution in [0.5, 0.6) is 0 Å². The van der Waals surface area contributed by atoms with E-state index in [1.54, 1.807) is 20.8 Å². The van der Waals surface area contributed by atoms with Gasteiger partial charge >= 0.3 is 59.1 Å². The maximum absolute atomic E-state index is 12.9. The fourth-order valence-electron chi connectivity index (χ4n) is 3.12. The molecule has 0 fully saturated rings. The van der Waals surface area contributed by atoms with Crippen LogP contribution in [0.15, 0.2) is 0 Å². The number of nitrogens with one attached hydrogen (secondary N) is 1. The number of rotatable bonds is 17. The summed E-state index contributed by atoms with van der Waals surface area (Å²) in [5.74, 6) is -5.74. The second-order valence-electron chi connectivity index (χ2n) is 8.13. The van der Waals surface area contributed by atoms with Crippen molar-refractivity contribution in [1.29, 1.82) is 0 Å². The van der Waals surface area contributed by atoms with E-state index >= 15 is 0 Å². The summed E-state index contributed by atoms with van der Waals surface area (Å²) in [7, 11) is 0. The molecule has 1 amide bonds. The predicted octanol–water partition coefficient (Wildman–Crippen LogP) is -6.26. The minimum atomic E-state index is -1.33. The number of carboxylic acid groups (broad SMARTS) is 2. The number of carbonyl (C=O) groups is 6. The molecule has 0 radical (unpaired) electrons. The molecule has 0 rings (SSSR count). The van der Waals surface area contributed by atoms with Gasteiger partial charge in [-0.05, 0) is 45.4 Å². The van der Waals surface area contributed by atoms with Crippen LogP contribution in [0.3, 0.4) is 0 Å². The summed E-state index contributed by atoms with van der Waals surface area (Å²) in [5, 5.41) is 24.0. The van der Waals surface area contributed by atoms with Crippen molar-refractivity contribution in [2.24, 2.45) is 17.8 Å². The Hall–Kier alpha value is -0.580. The van der Waals surface area contributed by atoms with Crippen LogP contribution in [-0.2, 0) is 28.8 Å². The summed E-state index contributed by atoms with van der Waals surface area (Å²) >= 11 is 0. The maximum atomic E-state index is 12.9. The molecule has 3 atom stereocenters. The van der Waals surface area contributed by atoms with Crippen LogP contribution in [0.4, 0.5) is 0 Å². The van der Waals surface area contributed by atoms with Gasteiger partial charge in [-0.2, -0.15) is 0 Å². The number of carboxylic acids is 2. The average Bonchev–Trinajstić information content (AvgIpc) is 2.67. The fraction of sp³-hybridized carbons (Fsp3) is 0.727. The molecule has 11 heteroatoms. The molecule has 0 saturated carbocycles. The van der Waals surface area contributed by atoms with Crippen molar-refractivity contribution in [3.8, 4) is 0 Å². The first-order chi connectivity index (χ1) is 14.4. The largest absolute Gasteiger partial charge is 1.00 e. The van der Waals surface area contributed by atoms with Gasteiger partial charge in [0.2, 0.25) is 5.91 Å². The van der Waals surface area contributed by atoms with E-state index in [4.69, 9.17) is 0 Å². The molecule has 0 aromatic rings. The number of hydrogen-bond donors (Lipinski definition) is 1. The van der Waals surface area contributed by atoms with Crippen molar-refractivity contribution in [2.75, 3.05) is 0 Å². The van der Waals surface area contributed by atoms with Crippen LogP contribution in [0.1, 0.15) is 79.1 Å². The Morgan fingerprint density at radius 3 is 1.64 bits per heavy atom. The standard InChI is InChI=1S/C22H35NO8.2Na/c1-5-15(6-10-20(27)28)22(31)23-17(8-9-18(25)13(2)3)19(26)12-16(14(4)24)7-11-21(29)30;;/h13,15-17H,5-12H2,1-4H3,(H,23,31)(H,27,28)(H,29,30);;/q;2*+1/p-2/t15-,16+,17-;;/m0../s1. The van der Waals surface area contributed by atoms with Gasteiger partial charge in [0.25, 0.3) is 0 Å². The van der Waals surface area contributed by atoms with E-state index in [0.29, 0.717) is 6.42 Å². The number of Topliss-reactive ketones (excluding diaryl/α,β-unsaturated/α-hetero) is 3. The summed E-state index contributed by atoms with van der Waals surface area (Å²) in [4.78, 5) is 70.7. The number of aliphatic carboxylic acids is 2. The number of carbonyl (C=O) groups excluding carboxylic acids is 6. The molecule has 176 valence electrons. The van der Waals surface area contributed by atoms with E-state index in [2.05, 4.69) is 5.32 Å². The second-order valence-corrected chi connectivity index (χ2v) is 8.13. The molecule has 0 unspecified atom stereocenters. The fourth-order valence-corrected chi connectivity index (χ4v) is 3.12. The molecule has 33 heavy (non-hydrogen) atoms. The molecule has 0 spiro atoms. The van der Waals surface area contributed by atoms with Gasteiger partial charge < -0.3 is 25.1 Å². The first kappa shape index (κ1) is 37.0. The Morgan fingerprint density at radius 1 is 0.758 bits per heavy atom. The van der Waals surface area contributed by atoms with Crippen LogP contribution in [0, 0.1) is 17.8 Å². The molecule has 0 saturated heterocycles. The third-order valence-electron chi connectivity index (χ3n) is 5.31. The van der Waals surface area contributed by atoms with E-state index in [1.165, 1.54) is 6.92 Å². The molecule has 0 aromatic carbocycles. The van der Waals surface area contributed by atoms with Crippen LogP contribution < -0.4 is 74.6 Å². The topological polar surface area (TPSA) is 161 Å². The zero-order valence-electron chi connectivity index (χ0n) is 20.7. The minimum absolute atomic E-state index is 0. The van der Waals surface area contributed by atoms with Gasteiger partial charge in [0.1, 0.15) is 11.6 Å². The van der Waals surface area contributed by atoms with Crippen molar-refractivity contribution >= 4 is 35.2 Å². The zero-order valence-corrected chi connectivity index (χ0v) is 24.7. The first-order valence-electron chi connectivity index (χ1n) is 10.6. The Morgan fingerprint density at radius 2 is 1.24 bits per heavy atom. The smallest absolute Gasteiger partial charge is 0.550 e. The first-order valence-corrected chi connectivity index (χ1v) is 10.6. The Kier molecular flexibility index (Phi) is 22.1. The van der Waals surface area contributed by atoms with Crippen LogP contribution >= 0.6 is 0 Å². The maximum Gasteiger partial charge on any atom is 1.00 e. The molecular formula is C22H33NNa2O8. The molecule has 0 aliphatic carbocycles. The second kappa shape index (κ2) is 19.7. The van der Waals surface area contributed by atoms with Gasteiger partial charge in [-0.1, -0.05) is 20.8 Å². The van der Waals surface area contributed by atoms with Gasteiger partial charge in [-0.15, -0.1) is 0 Å². The van der Waals surface area contributed by atoms with Gasteiger partial charge in [0.15, 0.2) is 5.78 Å². The Labute approximate surface area is 239 Å². The quantitative estimate of drug-likeness (QED) is 0.199. The SMILES string of the molecule is CC[C@@H](CCC(=O)[O-])C(=O)N[C@@H](CCC(=O)C(C)C)C(=O)C[C@@H](CCC(=O)[O-])C(C)=O.[Na+].[Na+]. The van der Waals surface area contributed by atoms with E-state index in [1.807, 2.05) is 0 Å². The molecule has 0 aromatic heterocycles. The van der Waals surface area contributed by atoms with E-state index in [0.717, 1.165) is 0 Å². The van der Waals surface area contributed by atoms with Crippen LogP contribution in [0.2, 0.25) is 0 Å². The molecule has 9 nitrogen and oxygen atoms in total. The predicted molar refractivity (Wildman–Crippen MR) is 107 cm³/mol.